The van der Waals surface area contributed by atoms with Crippen LogP contribution in [-0.2, 0) is 4.79 Å². The van der Waals surface area contributed by atoms with Gasteiger partial charge in [0.05, 0.1) is 6.54 Å². The molecule has 1 N–H and O–H groups in total. The summed E-state index contributed by atoms with van der Waals surface area (Å²) in [5.74, 6) is 0.154. The Hall–Kier alpha value is -1.31. The van der Waals surface area contributed by atoms with Crippen molar-refractivity contribution in [3.63, 3.8) is 0 Å². The molecule has 0 fully saturated rings. The Labute approximate surface area is 79.0 Å². The van der Waals surface area contributed by atoms with Gasteiger partial charge in [0.1, 0.15) is 5.78 Å². The standard InChI is InChI=1S/C11H15NO/c1-8-5-4-6-11(10(8)3)12-7-9(2)13/h4-6,12H,7H2,1-3H3. The molecule has 2 nitrogen and oxygen atoms in total. The van der Waals surface area contributed by atoms with Gasteiger partial charge < -0.3 is 5.32 Å². The summed E-state index contributed by atoms with van der Waals surface area (Å²) in [5, 5.41) is 3.10. The van der Waals surface area contributed by atoms with Crippen LogP contribution >= 0.6 is 0 Å². The zero-order valence-electron chi connectivity index (χ0n) is 8.35. The van der Waals surface area contributed by atoms with Crippen molar-refractivity contribution in [3.8, 4) is 0 Å². The molecule has 1 rings (SSSR count). The van der Waals surface area contributed by atoms with Gasteiger partial charge in [-0.05, 0) is 38.0 Å². The quantitative estimate of drug-likeness (QED) is 0.767. The molecule has 1 aromatic carbocycles. The molecule has 70 valence electrons. The van der Waals surface area contributed by atoms with Crippen LogP contribution in [-0.4, -0.2) is 12.3 Å². The third-order valence-electron chi connectivity index (χ3n) is 2.13. The molecule has 13 heavy (non-hydrogen) atoms. The van der Waals surface area contributed by atoms with Gasteiger partial charge in [0.15, 0.2) is 0 Å². The van der Waals surface area contributed by atoms with E-state index in [1.165, 1.54) is 11.1 Å². The molecule has 0 aromatic heterocycles. The van der Waals surface area contributed by atoms with Gasteiger partial charge in [-0.15, -0.1) is 0 Å². The summed E-state index contributed by atoms with van der Waals surface area (Å²) < 4.78 is 0. The van der Waals surface area contributed by atoms with E-state index in [4.69, 9.17) is 0 Å². The van der Waals surface area contributed by atoms with Gasteiger partial charge in [-0.1, -0.05) is 12.1 Å². The SMILES string of the molecule is CC(=O)CNc1cccc(C)c1C. The van der Waals surface area contributed by atoms with Crippen molar-refractivity contribution < 1.29 is 4.79 Å². The lowest BCUT2D eigenvalue weighted by atomic mass is 10.1. The second kappa shape index (κ2) is 4.08. The topological polar surface area (TPSA) is 29.1 Å². The summed E-state index contributed by atoms with van der Waals surface area (Å²) in [7, 11) is 0. The predicted octanol–water partition coefficient (Wildman–Crippen LogP) is 2.30. The Balaban J connectivity index is 2.77. The van der Waals surface area contributed by atoms with Gasteiger partial charge in [0.25, 0.3) is 0 Å². The number of Topliss-reactive ketones (excluding diaryl/α,β-unsaturated/α-hetero) is 1. The smallest absolute Gasteiger partial charge is 0.148 e. The fraction of sp³-hybridized carbons (Fsp3) is 0.364. The third-order valence-corrected chi connectivity index (χ3v) is 2.13. The number of rotatable bonds is 3. The van der Waals surface area contributed by atoms with E-state index in [1.54, 1.807) is 6.92 Å². The highest BCUT2D eigenvalue weighted by atomic mass is 16.1. The average molecular weight is 177 g/mol. The van der Waals surface area contributed by atoms with Crippen molar-refractivity contribution in [2.45, 2.75) is 20.8 Å². The summed E-state index contributed by atoms with van der Waals surface area (Å²) in [5.41, 5.74) is 3.51. The van der Waals surface area contributed by atoms with Crippen molar-refractivity contribution in [2.75, 3.05) is 11.9 Å². The van der Waals surface area contributed by atoms with Crippen LogP contribution in [0.25, 0.3) is 0 Å². The van der Waals surface area contributed by atoms with Crippen LogP contribution in [0.2, 0.25) is 0 Å². The molecule has 0 saturated carbocycles. The van der Waals surface area contributed by atoms with Gasteiger partial charge in [-0.25, -0.2) is 0 Å². The second-order valence-corrected chi connectivity index (χ2v) is 3.30. The first-order valence-electron chi connectivity index (χ1n) is 4.41. The van der Waals surface area contributed by atoms with Crippen LogP contribution < -0.4 is 5.32 Å². The minimum Gasteiger partial charge on any atom is -0.378 e. The van der Waals surface area contributed by atoms with Gasteiger partial charge >= 0.3 is 0 Å². The Morgan fingerprint density at radius 2 is 2.08 bits per heavy atom. The van der Waals surface area contributed by atoms with Gasteiger partial charge in [0, 0.05) is 5.69 Å². The molecule has 0 radical (unpaired) electrons. The van der Waals surface area contributed by atoms with Crippen LogP contribution in [0.3, 0.4) is 0 Å². The number of carbonyl (C=O) groups is 1. The molecule has 0 spiro atoms. The Bertz CT molecular complexity index is 318. The van der Waals surface area contributed by atoms with E-state index in [9.17, 15) is 4.79 Å². The van der Waals surface area contributed by atoms with Crippen molar-refractivity contribution in [2.24, 2.45) is 0 Å². The van der Waals surface area contributed by atoms with E-state index in [0.717, 1.165) is 5.69 Å². The number of anilines is 1. The molecule has 0 amide bonds. The lowest BCUT2D eigenvalue weighted by molar-refractivity contribution is -0.115. The van der Waals surface area contributed by atoms with Crippen molar-refractivity contribution in [1.82, 2.24) is 0 Å². The van der Waals surface area contributed by atoms with Gasteiger partial charge in [0.2, 0.25) is 0 Å². The molecule has 2 heteroatoms. The molecule has 0 bridgehead atoms. The lowest BCUT2D eigenvalue weighted by Crippen LogP contribution is -2.10. The number of carbonyl (C=O) groups excluding carboxylic acids is 1. The summed E-state index contributed by atoms with van der Waals surface area (Å²) in [6, 6.07) is 6.05. The molecular formula is C11H15NO. The molecule has 0 unspecified atom stereocenters. The number of aryl methyl sites for hydroxylation is 1. The zero-order chi connectivity index (χ0) is 9.84. The highest BCUT2D eigenvalue weighted by molar-refractivity contribution is 5.80. The maximum Gasteiger partial charge on any atom is 0.148 e. The van der Waals surface area contributed by atoms with Gasteiger partial charge in [-0.3, -0.25) is 4.79 Å². The highest BCUT2D eigenvalue weighted by Crippen LogP contribution is 2.17. The lowest BCUT2D eigenvalue weighted by Gasteiger charge is -2.09. The molecule has 0 aliphatic heterocycles. The Morgan fingerprint density at radius 1 is 1.38 bits per heavy atom. The molecule has 0 aliphatic rings. The summed E-state index contributed by atoms with van der Waals surface area (Å²) in [6.07, 6.45) is 0. The molecule has 0 atom stereocenters. The minimum atomic E-state index is 0.154. The number of nitrogens with one attached hydrogen (secondary N) is 1. The van der Waals surface area contributed by atoms with E-state index < -0.39 is 0 Å². The average Bonchev–Trinajstić information content (AvgIpc) is 2.07. The fourth-order valence-electron chi connectivity index (χ4n) is 1.16. The monoisotopic (exact) mass is 177 g/mol. The van der Waals surface area contributed by atoms with E-state index in [0.29, 0.717) is 6.54 Å². The molecule has 0 saturated heterocycles. The van der Waals surface area contributed by atoms with Crippen LogP contribution in [0.4, 0.5) is 5.69 Å². The number of benzene rings is 1. The maximum atomic E-state index is 10.8. The number of hydrogen-bond donors (Lipinski definition) is 1. The molecule has 0 aliphatic carbocycles. The Kier molecular flexibility index (Phi) is 3.07. The molecule has 1 aromatic rings. The van der Waals surface area contributed by atoms with E-state index in [-0.39, 0.29) is 5.78 Å². The van der Waals surface area contributed by atoms with E-state index in [2.05, 4.69) is 25.2 Å². The molecule has 0 heterocycles. The summed E-state index contributed by atoms with van der Waals surface area (Å²) in [4.78, 5) is 10.8. The van der Waals surface area contributed by atoms with Gasteiger partial charge in [-0.2, -0.15) is 0 Å². The third kappa shape index (κ3) is 2.58. The summed E-state index contributed by atoms with van der Waals surface area (Å²) in [6.45, 7) is 6.11. The summed E-state index contributed by atoms with van der Waals surface area (Å²) >= 11 is 0. The number of hydrogen-bond acceptors (Lipinski definition) is 2. The molecular weight excluding hydrogens is 162 g/mol. The van der Waals surface area contributed by atoms with Crippen molar-refractivity contribution >= 4 is 11.5 Å². The zero-order valence-corrected chi connectivity index (χ0v) is 8.35. The second-order valence-electron chi connectivity index (χ2n) is 3.30. The van der Waals surface area contributed by atoms with Crippen LogP contribution in [0.15, 0.2) is 18.2 Å². The first-order chi connectivity index (χ1) is 6.11. The fourth-order valence-corrected chi connectivity index (χ4v) is 1.16. The van der Waals surface area contributed by atoms with Crippen LogP contribution in [0, 0.1) is 13.8 Å². The highest BCUT2D eigenvalue weighted by Gasteiger charge is 2.00. The van der Waals surface area contributed by atoms with Crippen molar-refractivity contribution in [3.05, 3.63) is 29.3 Å². The largest absolute Gasteiger partial charge is 0.378 e. The normalized spacial score (nSPS) is 9.77. The first-order valence-corrected chi connectivity index (χ1v) is 4.41. The maximum absolute atomic E-state index is 10.8. The van der Waals surface area contributed by atoms with E-state index in [1.807, 2.05) is 12.1 Å². The predicted molar refractivity (Wildman–Crippen MR) is 55.1 cm³/mol. The number of ketones is 1. The van der Waals surface area contributed by atoms with Crippen LogP contribution in [0.5, 0.6) is 0 Å². The van der Waals surface area contributed by atoms with Crippen molar-refractivity contribution in [1.29, 1.82) is 0 Å². The van der Waals surface area contributed by atoms with Crippen LogP contribution in [0.1, 0.15) is 18.1 Å². The van der Waals surface area contributed by atoms with E-state index >= 15 is 0 Å². The first kappa shape index (κ1) is 9.78. The Morgan fingerprint density at radius 3 is 2.69 bits per heavy atom. The minimum absolute atomic E-state index is 0.154.